The Hall–Kier alpha value is 1.18. The van der Waals surface area contributed by atoms with Crippen molar-refractivity contribution in [2.75, 3.05) is 22.6 Å². The van der Waals surface area contributed by atoms with Crippen molar-refractivity contribution in [3.8, 4) is 0 Å². The smallest absolute Gasteiger partial charge is 0.0235 e. The first-order valence-corrected chi connectivity index (χ1v) is 6.92. The van der Waals surface area contributed by atoms with Crippen LogP contribution in [0.1, 0.15) is 13.8 Å². The molecule has 10 heavy (non-hydrogen) atoms. The van der Waals surface area contributed by atoms with Crippen molar-refractivity contribution in [2.45, 2.75) is 19.1 Å². The number of thioether (sulfide) groups is 2. The van der Waals surface area contributed by atoms with Gasteiger partial charge in [0.25, 0.3) is 0 Å². The predicted molar refractivity (Wildman–Crippen MR) is 58.7 cm³/mol. The fourth-order valence-electron chi connectivity index (χ4n) is 0.622. The maximum atomic E-state index is 3.51. The molecule has 1 unspecified atom stereocenters. The number of hydrogen-bond donors (Lipinski definition) is 0. The number of halogens is 1. The van der Waals surface area contributed by atoms with Crippen molar-refractivity contribution in [3.63, 3.8) is 0 Å². The summed E-state index contributed by atoms with van der Waals surface area (Å²) in [5.41, 5.74) is 0. The second-order valence-electron chi connectivity index (χ2n) is 1.89. The second kappa shape index (κ2) is 8.28. The van der Waals surface area contributed by atoms with E-state index in [0.29, 0.717) is 0 Å². The monoisotopic (exact) mass is 242 g/mol. The van der Waals surface area contributed by atoms with E-state index in [-0.39, 0.29) is 0 Å². The van der Waals surface area contributed by atoms with Crippen LogP contribution in [0, 0.1) is 0 Å². The van der Waals surface area contributed by atoms with Gasteiger partial charge in [-0.25, -0.2) is 0 Å². The van der Waals surface area contributed by atoms with Crippen LogP contribution in [0.4, 0.5) is 0 Å². The van der Waals surface area contributed by atoms with E-state index in [9.17, 15) is 0 Å². The Morgan fingerprint density at radius 3 is 2.40 bits per heavy atom. The molecular formula is C7H15BrS2. The summed E-state index contributed by atoms with van der Waals surface area (Å²) in [6, 6.07) is 0. The van der Waals surface area contributed by atoms with E-state index in [1.807, 2.05) is 23.5 Å². The van der Waals surface area contributed by atoms with Gasteiger partial charge in [0, 0.05) is 16.3 Å². The SMILES string of the molecule is CCSCC(CBr)SCC. The van der Waals surface area contributed by atoms with E-state index in [0.717, 1.165) is 10.6 Å². The molecule has 62 valence electrons. The summed E-state index contributed by atoms with van der Waals surface area (Å²) in [6.07, 6.45) is 0. The van der Waals surface area contributed by atoms with Crippen LogP contribution < -0.4 is 0 Å². The highest BCUT2D eigenvalue weighted by atomic mass is 79.9. The van der Waals surface area contributed by atoms with Crippen LogP contribution in [0.5, 0.6) is 0 Å². The van der Waals surface area contributed by atoms with Crippen molar-refractivity contribution in [1.29, 1.82) is 0 Å². The van der Waals surface area contributed by atoms with Gasteiger partial charge < -0.3 is 0 Å². The van der Waals surface area contributed by atoms with Crippen molar-refractivity contribution in [3.05, 3.63) is 0 Å². The predicted octanol–water partition coefficient (Wildman–Crippen LogP) is 3.26. The van der Waals surface area contributed by atoms with Crippen molar-refractivity contribution in [1.82, 2.24) is 0 Å². The molecule has 0 bridgehead atoms. The molecule has 0 aromatic rings. The van der Waals surface area contributed by atoms with Gasteiger partial charge in [-0.05, 0) is 11.5 Å². The first-order chi connectivity index (χ1) is 4.85. The third kappa shape index (κ3) is 5.93. The Kier molecular flexibility index (Phi) is 9.26. The maximum Gasteiger partial charge on any atom is 0.0235 e. The van der Waals surface area contributed by atoms with Gasteiger partial charge >= 0.3 is 0 Å². The fourth-order valence-corrected chi connectivity index (χ4v) is 3.57. The molecule has 0 N–H and O–H groups in total. The number of rotatable bonds is 6. The lowest BCUT2D eigenvalue weighted by Gasteiger charge is -2.10. The lowest BCUT2D eigenvalue weighted by Crippen LogP contribution is -2.08. The van der Waals surface area contributed by atoms with Crippen LogP contribution in [0.3, 0.4) is 0 Å². The molecule has 0 saturated carbocycles. The summed E-state index contributed by atoms with van der Waals surface area (Å²) in [6.45, 7) is 4.43. The molecular weight excluding hydrogens is 228 g/mol. The van der Waals surface area contributed by atoms with Crippen LogP contribution in [-0.4, -0.2) is 27.8 Å². The van der Waals surface area contributed by atoms with E-state index in [1.54, 1.807) is 0 Å². The van der Waals surface area contributed by atoms with Crippen molar-refractivity contribution >= 4 is 39.5 Å². The van der Waals surface area contributed by atoms with E-state index < -0.39 is 0 Å². The molecule has 0 aliphatic carbocycles. The first kappa shape index (κ1) is 11.2. The highest BCUT2D eigenvalue weighted by Crippen LogP contribution is 2.17. The second-order valence-corrected chi connectivity index (χ2v) is 5.43. The summed E-state index contributed by atoms with van der Waals surface area (Å²) < 4.78 is 0. The zero-order valence-corrected chi connectivity index (χ0v) is 9.82. The van der Waals surface area contributed by atoms with E-state index in [2.05, 4.69) is 29.8 Å². The minimum atomic E-state index is 0.815. The average Bonchev–Trinajstić information content (AvgIpc) is 1.98. The van der Waals surface area contributed by atoms with Crippen LogP contribution in [-0.2, 0) is 0 Å². The molecule has 0 aromatic carbocycles. The molecule has 3 heteroatoms. The molecule has 0 aromatic heterocycles. The van der Waals surface area contributed by atoms with Gasteiger partial charge in [-0.2, -0.15) is 23.5 Å². The van der Waals surface area contributed by atoms with Crippen molar-refractivity contribution in [2.24, 2.45) is 0 Å². The fraction of sp³-hybridized carbons (Fsp3) is 1.00. The molecule has 1 atom stereocenters. The lowest BCUT2D eigenvalue weighted by atomic mass is 10.6. The Balaban J connectivity index is 3.21. The van der Waals surface area contributed by atoms with Gasteiger partial charge in [0.2, 0.25) is 0 Å². The molecule has 0 heterocycles. The molecule has 0 fully saturated rings. The van der Waals surface area contributed by atoms with E-state index in [4.69, 9.17) is 0 Å². The quantitative estimate of drug-likeness (QED) is 0.657. The minimum Gasteiger partial charge on any atom is -0.161 e. The molecule has 0 rings (SSSR count). The third-order valence-electron chi connectivity index (χ3n) is 1.08. The standard InChI is InChI=1S/C7H15BrS2/c1-3-9-6-7(5-8)10-4-2/h7H,3-6H2,1-2H3. The van der Waals surface area contributed by atoms with Crippen LogP contribution in [0.25, 0.3) is 0 Å². The van der Waals surface area contributed by atoms with Gasteiger partial charge in [0.05, 0.1) is 0 Å². The largest absolute Gasteiger partial charge is 0.161 e. The Morgan fingerprint density at radius 2 is 2.00 bits per heavy atom. The molecule has 0 nitrogen and oxygen atoms in total. The Morgan fingerprint density at radius 1 is 1.30 bits per heavy atom. The maximum absolute atomic E-state index is 3.51. The van der Waals surface area contributed by atoms with Gasteiger partial charge in [-0.1, -0.05) is 29.8 Å². The number of alkyl halides is 1. The van der Waals surface area contributed by atoms with Gasteiger partial charge in [0.1, 0.15) is 0 Å². The third-order valence-corrected chi connectivity index (χ3v) is 4.69. The zero-order chi connectivity index (χ0) is 7.82. The normalized spacial score (nSPS) is 13.5. The molecule has 0 spiro atoms. The average molecular weight is 243 g/mol. The topological polar surface area (TPSA) is 0 Å². The molecule has 0 aliphatic rings. The minimum absolute atomic E-state index is 0.815. The van der Waals surface area contributed by atoms with E-state index >= 15 is 0 Å². The highest BCUT2D eigenvalue weighted by Gasteiger charge is 2.04. The van der Waals surface area contributed by atoms with Crippen LogP contribution in [0.2, 0.25) is 0 Å². The summed E-state index contributed by atoms with van der Waals surface area (Å²) in [7, 11) is 0. The van der Waals surface area contributed by atoms with Crippen LogP contribution >= 0.6 is 39.5 Å². The Labute approximate surface area is 81.0 Å². The summed E-state index contributed by atoms with van der Waals surface area (Å²) >= 11 is 7.59. The van der Waals surface area contributed by atoms with Gasteiger partial charge in [0.15, 0.2) is 0 Å². The molecule has 0 saturated heterocycles. The highest BCUT2D eigenvalue weighted by molar-refractivity contribution is 9.09. The lowest BCUT2D eigenvalue weighted by molar-refractivity contribution is 1.15. The summed E-state index contributed by atoms with van der Waals surface area (Å²) in [5.74, 6) is 3.77. The van der Waals surface area contributed by atoms with Gasteiger partial charge in [-0.3, -0.25) is 0 Å². The molecule has 0 radical (unpaired) electrons. The molecule has 0 amide bonds. The van der Waals surface area contributed by atoms with Crippen molar-refractivity contribution < 1.29 is 0 Å². The Bertz CT molecular complexity index is 68.6. The molecule has 0 aliphatic heterocycles. The zero-order valence-electron chi connectivity index (χ0n) is 6.60. The van der Waals surface area contributed by atoms with Crippen LogP contribution in [0.15, 0.2) is 0 Å². The number of hydrogen-bond acceptors (Lipinski definition) is 2. The first-order valence-electron chi connectivity index (χ1n) is 3.60. The summed E-state index contributed by atoms with van der Waals surface area (Å²) in [5, 5.41) is 1.95. The summed E-state index contributed by atoms with van der Waals surface area (Å²) in [4.78, 5) is 0. The van der Waals surface area contributed by atoms with E-state index in [1.165, 1.54) is 17.3 Å². The van der Waals surface area contributed by atoms with Gasteiger partial charge in [-0.15, -0.1) is 0 Å².